The van der Waals surface area contributed by atoms with Crippen molar-refractivity contribution in [3.63, 3.8) is 0 Å². The Labute approximate surface area is 181 Å². The minimum atomic E-state index is -0.101. The van der Waals surface area contributed by atoms with Crippen molar-refractivity contribution in [2.24, 2.45) is 0 Å². The van der Waals surface area contributed by atoms with Crippen molar-refractivity contribution < 1.29 is 19.0 Å². The molecule has 1 aromatic carbocycles. The van der Waals surface area contributed by atoms with Crippen LogP contribution in [0.25, 0.3) is 11.3 Å². The zero-order valence-corrected chi connectivity index (χ0v) is 18.2. The van der Waals surface area contributed by atoms with Gasteiger partial charge in [0.1, 0.15) is 31.2 Å². The van der Waals surface area contributed by atoms with Gasteiger partial charge in [-0.3, -0.25) is 4.79 Å². The Hall–Kier alpha value is -2.55. The minimum Gasteiger partial charge on any atom is -0.443 e. The maximum absolute atomic E-state index is 13.4. The van der Waals surface area contributed by atoms with Gasteiger partial charge in [-0.2, -0.15) is 0 Å². The van der Waals surface area contributed by atoms with Crippen molar-refractivity contribution >= 4 is 17.2 Å². The summed E-state index contributed by atoms with van der Waals surface area (Å²) in [7, 11) is 2.26. The largest absolute Gasteiger partial charge is 0.443 e. The van der Waals surface area contributed by atoms with Gasteiger partial charge in [-0.05, 0) is 0 Å². The van der Waals surface area contributed by atoms with Gasteiger partial charge in [0.2, 0.25) is 0 Å². The lowest BCUT2D eigenvalue weighted by Crippen LogP contribution is -3.27. The van der Waals surface area contributed by atoms with E-state index >= 15 is 0 Å². The zero-order chi connectivity index (χ0) is 20.8. The summed E-state index contributed by atoms with van der Waals surface area (Å²) >= 11 is 1.57. The van der Waals surface area contributed by atoms with Gasteiger partial charge in [-0.25, -0.2) is 9.97 Å². The SMILES string of the molecule is C[NH+]1CC[NH+](CCCN(Cc2nccs2)C(=O)c2ncoc2-c2ccccc2)CC1. The number of carbonyl (C=O) groups is 1. The predicted molar refractivity (Wildman–Crippen MR) is 116 cm³/mol. The smallest absolute Gasteiger partial charge is 0.276 e. The van der Waals surface area contributed by atoms with Crippen LogP contribution in [0.3, 0.4) is 0 Å². The zero-order valence-electron chi connectivity index (χ0n) is 17.3. The lowest BCUT2D eigenvalue weighted by atomic mass is 10.1. The molecule has 0 bridgehead atoms. The Kier molecular flexibility index (Phi) is 6.88. The third-order valence-electron chi connectivity index (χ3n) is 5.67. The predicted octanol–water partition coefficient (Wildman–Crippen LogP) is 0.244. The lowest BCUT2D eigenvalue weighted by Gasteiger charge is -2.28. The monoisotopic (exact) mass is 427 g/mol. The van der Waals surface area contributed by atoms with Crippen molar-refractivity contribution in [1.29, 1.82) is 0 Å². The molecule has 1 saturated heterocycles. The van der Waals surface area contributed by atoms with Crippen molar-refractivity contribution in [1.82, 2.24) is 14.9 Å². The number of aromatic nitrogens is 2. The second-order valence-corrected chi connectivity index (χ2v) is 8.84. The molecule has 1 aliphatic rings. The van der Waals surface area contributed by atoms with E-state index in [1.165, 1.54) is 32.6 Å². The Morgan fingerprint density at radius 2 is 1.97 bits per heavy atom. The summed E-state index contributed by atoms with van der Waals surface area (Å²) in [5.41, 5.74) is 1.23. The maximum Gasteiger partial charge on any atom is 0.276 e. The molecule has 0 atom stereocenters. The molecule has 3 aromatic rings. The Bertz CT molecular complexity index is 920. The fourth-order valence-corrected chi connectivity index (χ4v) is 4.52. The Morgan fingerprint density at radius 3 is 2.70 bits per heavy atom. The van der Waals surface area contributed by atoms with Gasteiger partial charge in [-0.15, -0.1) is 11.3 Å². The average Bonchev–Trinajstić information content (AvgIpc) is 3.47. The number of quaternary nitrogens is 2. The van der Waals surface area contributed by atoms with Crippen LogP contribution in [0.5, 0.6) is 0 Å². The van der Waals surface area contributed by atoms with Crippen LogP contribution in [0.4, 0.5) is 0 Å². The molecule has 4 rings (SSSR count). The van der Waals surface area contributed by atoms with E-state index in [-0.39, 0.29) is 5.91 Å². The molecule has 1 aliphatic heterocycles. The number of nitrogens with zero attached hydrogens (tertiary/aromatic N) is 3. The number of rotatable bonds is 8. The number of benzene rings is 1. The van der Waals surface area contributed by atoms with Crippen LogP contribution in [0, 0.1) is 0 Å². The van der Waals surface area contributed by atoms with Crippen molar-refractivity contribution in [3.05, 3.63) is 59.0 Å². The van der Waals surface area contributed by atoms with E-state index in [2.05, 4.69) is 17.0 Å². The molecule has 1 amide bonds. The molecule has 0 saturated carbocycles. The quantitative estimate of drug-likeness (QED) is 0.541. The van der Waals surface area contributed by atoms with Crippen LogP contribution in [-0.4, -0.2) is 67.1 Å². The molecule has 2 aromatic heterocycles. The number of carbonyl (C=O) groups excluding carboxylic acids is 1. The normalized spacial score (nSPS) is 19.0. The maximum atomic E-state index is 13.4. The fraction of sp³-hybridized carbons (Fsp3) is 0.409. The lowest BCUT2D eigenvalue weighted by molar-refractivity contribution is -1.00. The minimum absolute atomic E-state index is 0.101. The van der Waals surface area contributed by atoms with Gasteiger partial charge in [0.05, 0.1) is 20.1 Å². The second kappa shape index (κ2) is 9.97. The van der Waals surface area contributed by atoms with E-state index < -0.39 is 0 Å². The number of oxazole rings is 1. The highest BCUT2D eigenvalue weighted by Gasteiger charge is 2.25. The summed E-state index contributed by atoms with van der Waals surface area (Å²) in [6.07, 6.45) is 4.10. The molecular formula is C22H29N5O2S+2. The average molecular weight is 428 g/mol. The molecule has 0 unspecified atom stereocenters. The summed E-state index contributed by atoms with van der Waals surface area (Å²) in [6.45, 7) is 7.11. The highest BCUT2D eigenvalue weighted by molar-refractivity contribution is 7.09. The molecule has 0 radical (unpaired) electrons. The number of likely N-dealkylation sites (N-methyl/N-ethyl adjacent to an activating group) is 1. The van der Waals surface area contributed by atoms with Crippen LogP contribution >= 0.6 is 11.3 Å². The summed E-state index contributed by atoms with van der Waals surface area (Å²) in [5, 5.41) is 2.88. The first-order valence-electron chi connectivity index (χ1n) is 10.5. The molecule has 1 fully saturated rings. The van der Waals surface area contributed by atoms with Gasteiger partial charge >= 0.3 is 0 Å². The summed E-state index contributed by atoms with van der Waals surface area (Å²) < 4.78 is 5.59. The van der Waals surface area contributed by atoms with Gasteiger partial charge in [0.15, 0.2) is 17.8 Å². The summed E-state index contributed by atoms with van der Waals surface area (Å²) in [4.78, 5) is 27.2. The highest BCUT2D eigenvalue weighted by Crippen LogP contribution is 2.24. The van der Waals surface area contributed by atoms with Gasteiger partial charge in [0.25, 0.3) is 5.91 Å². The Morgan fingerprint density at radius 1 is 1.17 bits per heavy atom. The number of piperazine rings is 1. The van der Waals surface area contributed by atoms with Gasteiger partial charge < -0.3 is 19.1 Å². The molecule has 30 heavy (non-hydrogen) atoms. The molecule has 0 spiro atoms. The van der Waals surface area contributed by atoms with Crippen LogP contribution in [0.1, 0.15) is 21.9 Å². The van der Waals surface area contributed by atoms with Crippen LogP contribution in [0.2, 0.25) is 0 Å². The van der Waals surface area contributed by atoms with Crippen LogP contribution < -0.4 is 9.80 Å². The second-order valence-electron chi connectivity index (χ2n) is 7.86. The number of amides is 1. The summed E-state index contributed by atoms with van der Waals surface area (Å²) in [6, 6.07) is 9.67. The standard InChI is InChI=1S/C22H27N5O2S/c1-25-11-13-26(14-12-25)9-5-10-27(16-19-23-8-15-30-19)22(28)20-21(29-17-24-20)18-6-3-2-4-7-18/h2-4,6-8,15,17H,5,9-14,16H2,1H3/p+2. The van der Waals surface area contributed by atoms with E-state index in [9.17, 15) is 4.79 Å². The summed E-state index contributed by atoms with van der Waals surface area (Å²) in [5.74, 6) is 0.424. The topological polar surface area (TPSA) is 68.1 Å². The molecule has 0 aliphatic carbocycles. The number of thiazole rings is 1. The van der Waals surface area contributed by atoms with Gasteiger partial charge in [0, 0.05) is 30.1 Å². The van der Waals surface area contributed by atoms with Crippen LogP contribution in [-0.2, 0) is 6.54 Å². The molecule has 8 heteroatoms. The van der Waals surface area contributed by atoms with Crippen molar-refractivity contribution in [2.75, 3.05) is 46.3 Å². The number of hydrogen-bond acceptors (Lipinski definition) is 5. The van der Waals surface area contributed by atoms with E-state index in [4.69, 9.17) is 4.42 Å². The van der Waals surface area contributed by atoms with E-state index in [0.717, 1.165) is 23.5 Å². The molecular weight excluding hydrogens is 398 g/mol. The first-order chi connectivity index (χ1) is 14.7. The Balaban J connectivity index is 1.46. The fourth-order valence-electron chi connectivity index (χ4n) is 3.89. The van der Waals surface area contributed by atoms with E-state index in [1.807, 2.05) is 40.6 Å². The number of hydrogen-bond donors (Lipinski definition) is 2. The number of nitrogens with one attached hydrogen (secondary N) is 2. The van der Waals surface area contributed by atoms with E-state index in [1.54, 1.807) is 27.3 Å². The third kappa shape index (κ3) is 5.13. The van der Waals surface area contributed by atoms with Crippen molar-refractivity contribution in [3.8, 4) is 11.3 Å². The molecule has 2 N–H and O–H groups in total. The van der Waals surface area contributed by atoms with Gasteiger partial charge in [-0.1, -0.05) is 30.3 Å². The van der Waals surface area contributed by atoms with E-state index in [0.29, 0.717) is 24.5 Å². The van der Waals surface area contributed by atoms with Crippen molar-refractivity contribution in [2.45, 2.75) is 13.0 Å². The molecule has 158 valence electrons. The molecule has 3 heterocycles. The first-order valence-corrected chi connectivity index (χ1v) is 11.4. The highest BCUT2D eigenvalue weighted by atomic mass is 32.1. The molecule has 7 nitrogen and oxygen atoms in total. The first kappa shape index (κ1) is 20.7. The third-order valence-corrected chi connectivity index (χ3v) is 6.44. The van der Waals surface area contributed by atoms with Crippen LogP contribution in [0.15, 0.2) is 52.7 Å².